The minimum atomic E-state index is 0.531. The number of thiophene rings is 1. The molecule has 116 valence electrons. The van der Waals surface area contributed by atoms with E-state index in [9.17, 15) is 0 Å². The Balaban J connectivity index is 1.82. The molecule has 1 fully saturated rings. The van der Waals surface area contributed by atoms with Gasteiger partial charge in [-0.05, 0) is 24.3 Å². The van der Waals surface area contributed by atoms with Crippen LogP contribution in [0.4, 0.5) is 0 Å². The maximum Gasteiger partial charge on any atom is 0.191 e. The molecular weight excluding hydrogens is 312 g/mol. The van der Waals surface area contributed by atoms with E-state index in [-0.39, 0.29) is 0 Å². The van der Waals surface area contributed by atoms with Gasteiger partial charge < -0.3 is 4.57 Å². The predicted octanol–water partition coefficient (Wildman–Crippen LogP) is 4.44. The Morgan fingerprint density at radius 2 is 2.18 bits per heavy atom. The zero-order valence-corrected chi connectivity index (χ0v) is 14.2. The second kappa shape index (κ2) is 7.80. The third-order valence-electron chi connectivity index (χ3n) is 4.03. The van der Waals surface area contributed by atoms with Crippen molar-refractivity contribution in [1.82, 2.24) is 14.8 Å². The van der Waals surface area contributed by atoms with Gasteiger partial charge in [0.2, 0.25) is 0 Å². The number of rotatable bonds is 6. The summed E-state index contributed by atoms with van der Waals surface area (Å²) in [5.41, 5.74) is 0. The summed E-state index contributed by atoms with van der Waals surface area (Å²) in [5, 5.41) is 20.7. The second-order valence-electron chi connectivity index (χ2n) is 5.57. The fourth-order valence-corrected chi connectivity index (χ4v) is 4.56. The zero-order chi connectivity index (χ0) is 15.2. The van der Waals surface area contributed by atoms with Crippen molar-refractivity contribution in [2.75, 3.05) is 5.75 Å². The summed E-state index contributed by atoms with van der Waals surface area (Å²) in [6.07, 6.45) is 7.80. The van der Waals surface area contributed by atoms with Crippen LogP contribution in [0.15, 0.2) is 22.7 Å². The van der Waals surface area contributed by atoms with Crippen molar-refractivity contribution in [2.45, 2.75) is 56.1 Å². The van der Waals surface area contributed by atoms with Crippen LogP contribution in [0.1, 0.15) is 55.3 Å². The van der Waals surface area contributed by atoms with Crippen LogP contribution in [-0.4, -0.2) is 20.5 Å². The highest BCUT2D eigenvalue weighted by molar-refractivity contribution is 7.99. The highest BCUT2D eigenvalue weighted by atomic mass is 32.2. The van der Waals surface area contributed by atoms with Crippen molar-refractivity contribution in [3.05, 3.63) is 28.2 Å². The van der Waals surface area contributed by atoms with Gasteiger partial charge in [0, 0.05) is 29.5 Å². The highest BCUT2D eigenvalue weighted by Crippen LogP contribution is 2.33. The van der Waals surface area contributed by atoms with Gasteiger partial charge in [-0.2, -0.15) is 5.26 Å². The lowest BCUT2D eigenvalue weighted by Crippen LogP contribution is -2.16. The molecule has 0 aromatic carbocycles. The fraction of sp³-hybridized carbons (Fsp3) is 0.562. The lowest BCUT2D eigenvalue weighted by molar-refractivity contribution is 0.330. The lowest BCUT2D eigenvalue weighted by Gasteiger charge is -2.25. The molecule has 0 radical (unpaired) electrons. The monoisotopic (exact) mass is 332 g/mol. The molecule has 6 heteroatoms. The predicted molar refractivity (Wildman–Crippen MR) is 90.2 cm³/mol. The number of aromatic nitrogens is 3. The Labute approximate surface area is 139 Å². The van der Waals surface area contributed by atoms with Crippen LogP contribution in [0.2, 0.25) is 0 Å². The average Bonchev–Trinajstić information content (AvgIpc) is 3.19. The van der Waals surface area contributed by atoms with E-state index in [4.69, 9.17) is 5.26 Å². The summed E-state index contributed by atoms with van der Waals surface area (Å²) in [5.74, 6) is 1.87. The van der Waals surface area contributed by atoms with Crippen LogP contribution in [0.25, 0.3) is 0 Å². The van der Waals surface area contributed by atoms with Crippen molar-refractivity contribution < 1.29 is 0 Å². The van der Waals surface area contributed by atoms with Gasteiger partial charge >= 0.3 is 0 Å². The van der Waals surface area contributed by atoms with E-state index >= 15 is 0 Å². The fourth-order valence-electron chi connectivity index (χ4n) is 2.99. The Morgan fingerprint density at radius 1 is 1.32 bits per heavy atom. The molecule has 0 aliphatic heterocycles. The normalized spacial score (nSPS) is 15.8. The summed E-state index contributed by atoms with van der Waals surface area (Å²) in [6.45, 7) is 0. The SMILES string of the molecule is N#CCCSc1nnc(Cc2cccs2)n1C1CCCCC1. The molecule has 1 aliphatic rings. The van der Waals surface area contributed by atoms with Crippen LogP contribution in [0.5, 0.6) is 0 Å². The lowest BCUT2D eigenvalue weighted by atomic mass is 9.95. The van der Waals surface area contributed by atoms with Gasteiger partial charge in [0.1, 0.15) is 5.82 Å². The first kappa shape index (κ1) is 15.6. The van der Waals surface area contributed by atoms with Crippen LogP contribution in [-0.2, 0) is 6.42 Å². The maximum atomic E-state index is 8.73. The topological polar surface area (TPSA) is 54.5 Å². The largest absolute Gasteiger partial charge is 0.303 e. The van der Waals surface area contributed by atoms with Crippen molar-refractivity contribution >= 4 is 23.1 Å². The Kier molecular flexibility index (Phi) is 5.52. The van der Waals surface area contributed by atoms with Gasteiger partial charge in [-0.25, -0.2) is 0 Å². The molecule has 1 aliphatic carbocycles. The molecule has 0 bridgehead atoms. The Hall–Kier alpha value is -1.32. The number of hydrogen-bond donors (Lipinski definition) is 0. The summed E-state index contributed by atoms with van der Waals surface area (Å²) in [6, 6.07) is 6.98. The molecule has 4 nitrogen and oxygen atoms in total. The van der Waals surface area contributed by atoms with Crippen LogP contribution in [0.3, 0.4) is 0 Å². The number of thioether (sulfide) groups is 1. The van der Waals surface area contributed by atoms with Crippen LogP contribution < -0.4 is 0 Å². The second-order valence-corrected chi connectivity index (χ2v) is 7.67. The molecule has 2 aromatic heterocycles. The molecule has 2 heterocycles. The van der Waals surface area contributed by atoms with Crippen LogP contribution in [0, 0.1) is 11.3 Å². The third kappa shape index (κ3) is 3.71. The van der Waals surface area contributed by atoms with Crippen LogP contribution >= 0.6 is 23.1 Å². The van der Waals surface area contributed by atoms with E-state index in [0.29, 0.717) is 12.5 Å². The first-order valence-corrected chi connectivity index (χ1v) is 9.71. The molecule has 2 aromatic rings. The van der Waals surface area contributed by atoms with E-state index < -0.39 is 0 Å². The van der Waals surface area contributed by atoms with Gasteiger partial charge in [-0.3, -0.25) is 0 Å². The zero-order valence-electron chi connectivity index (χ0n) is 12.6. The maximum absolute atomic E-state index is 8.73. The summed E-state index contributed by atoms with van der Waals surface area (Å²) in [4.78, 5) is 1.33. The minimum Gasteiger partial charge on any atom is -0.303 e. The molecular formula is C16H20N4S2. The quantitative estimate of drug-likeness (QED) is 0.579. The van der Waals surface area contributed by atoms with E-state index in [1.807, 2.05) is 0 Å². The Bertz CT molecular complexity index is 621. The molecule has 0 unspecified atom stereocenters. The highest BCUT2D eigenvalue weighted by Gasteiger charge is 2.23. The molecule has 3 rings (SSSR count). The first-order valence-electron chi connectivity index (χ1n) is 7.84. The molecule has 0 N–H and O–H groups in total. The number of hydrogen-bond acceptors (Lipinski definition) is 5. The van der Waals surface area contributed by atoms with E-state index in [2.05, 4.69) is 38.3 Å². The molecule has 0 amide bonds. The van der Waals surface area contributed by atoms with Crippen molar-refractivity contribution in [2.24, 2.45) is 0 Å². The molecule has 22 heavy (non-hydrogen) atoms. The number of nitriles is 1. The van der Waals surface area contributed by atoms with Gasteiger partial charge in [-0.15, -0.1) is 21.5 Å². The third-order valence-corrected chi connectivity index (χ3v) is 5.85. The van der Waals surface area contributed by atoms with E-state index in [1.54, 1.807) is 23.1 Å². The average molecular weight is 332 g/mol. The smallest absolute Gasteiger partial charge is 0.191 e. The van der Waals surface area contributed by atoms with E-state index in [0.717, 1.165) is 23.2 Å². The summed E-state index contributed by atoms with van der Waals surface area (Å²) < 4.78 is 2.36. The Morgan fingerprint density at radius 3 is 2.91 bits per heavy atom. The van der Waals surface area contributed by atoms with Crippen molar-refractivity contribution in [3.8, 4) is 6.07 Å². The molecule has 0 spiro atoms. The molecule has 0 atom stereocenters. The summed E-state index contributed by atoms with van der Waals surface area (Å²) in [7, 11) is 0. The minimum absolute atomic E-state index is 0.531. The van der Waals surface area contributed by atoms with Gasteiger partial charge in [0.05, 0.1) is 6.07 Å². The van der Waals surface area contributed by atoms with Crippen molar-refractivity contribution in [3.63, 3.8) is 0 Å². The number of nitrogens with zero attached hydrogens (tertiary/aromatic N) is 4. The summed E-state index contributed by atoms with van der Waals surface area (Å²) >= 11 is 3.44. The first-order chi connectivity index (χ1) is 10.9. The van der Waals surface area contributed by atoms with Gasteiger partial charge in [-0.1, -0.05) is 37.1 Å². The van der Waals surface area contributed by atoms with Gasteiger partial charge in [0.15, 0.2) is 5.16 Å². The standard InChI is InChI=1S/C16H20N4S2/c17-9-5-11-22-16-19-18-15(12-14-8-4-10-21-14)20(16)13-6-2-1-3-7-13/h4,8,10,13H,1-3,5-7,11-12H2. The van der Waals surface area contributed by atoms with Crippen molar-refractivity contribution in [1.29, 1.82) is 5.26 Å². The van der Waals surface area contributed by atoms with Gasteiger partial charge in [0.25, 0.3) is 0 Å². The molecule has 0 saturated heterocycles. The molecule has 1 saturated carbocycles. The van der Waals surface area contributed by atoms with E-state index in [1.165, 1.54) is 37.0 Å².